The molecular formula is C14H17NO. The molecule has 0 saturated carbocycles. The van der Waals surface area contributed by atoms with E-state index in [0.29, 0.717) is 0 Å². The van der Waals surface area contributed by atoms with Crippen LogP contribution in [0.5, 0.6) is 0 Å². The van der Waals surface area contributed by atoms with Gasteiger partial charge in [-0.05, 0) is 24.7 Å². The molecule has 2 rings (SSSR count). The van der Waals surface area contributed by atoms with Crippen LogP contribution in [0.4, 0.5) is 0 Å². The van der Waals surface area contributed by atoms with E-state index in [1.807, 2.05) is 37.4 Å². The van der Waals surface area contributed by atoms with Crippen LogP contribution in [0.2, 0.25) is 0 Å². The molecule has 16 heavy (non-hydrogen) atoms. The van der Waals surface area contributed by atoms with Gasteiger partial charge in [-0.3, -0.25) is 0 Å². The second-order valence-corrected chi connectivity index (χ2v) is 3.79. The third kappa shape index (κ3) is 2.17. The van der Waals surface area contributed by atoms with E-state index in [2.05, 4.69) is 24.4 Å². The number of hydrogen-bond acceptors (Lipinski definition) is 2. The summed E-state index contributed by atoms with van der Waals surface area (Å²) in [4.78, 5) is 0. The average molecular weight is 215 g/mol. The fourth-order valence-electron chi connectivity index (χ4n) is 1.86. The summed E-state index contributed by atoms with van der Waals surface area (Å²) < 4.78 is 5.78. The summed E-state index contributed by atoms with van der Waals surface area (Å²) in [5.74, 6) is 2.01. The third-order valence-electron chi connectivity index (χ3n) is 2.74. The fourth-order valence-corrected chi connectivity index (χ4v) is 1.86. The number of benzene rings is 1. The molecule has 1 N–H and O–H groups in total. The maximum absolute atomic E-state index is 5.78. The van der Waals surface area contributed by atoms with Crippen LogP contribution >= 0.6 is 0 Å². The molecule has 2 nitrogen and oxygen atoms in total. The first-order chi connectivity index (χ1) is 7.85. The van der Waals surface area contributed by atoms with Crippen molar-refractivity contribution >= 4 is 0 Å². The van der Waals surface area contributed by atoms with E-state index in [4.69, 9.17) is 4.42 Å². The molecule has 1 unspecified atom stereocenters. The van der Waals surface area contributed by atoms with Crippen LogP contribution in [0, 0.1) is 0 Å². The molecule has 0 fully saturated rings. The molecule has 0 saturated heterocycles. The van der Waals surface area contributed by atoms with Crippen LogP contribution in [0.3, 0.4) is 0 Å². The Labute approximate surface area is 96.3 Å². The lowest BCUT2D eigenvalue weighted by molar-refractivity contribution is 0.434. The Balaban J connectivity index is 2.29. The summed E-state index contributed by atoms with van der Waals surface area (Å²) in [5.41, 5.74) is 1.22. The lowest BCUT2D eigenvalue weighted by Crippen LogP contribution is -2.16. The quantitative estimate of drug-likeness (QED) is 0.847. The van der Waals surface area contributed by atoms with Crippen molar-refractivity contribution in [3.63, 3.8) is 0 Å². The summed E-state index contributed by atoms with van der Waals surface area (Å²) >= 11 is 0. The van der Waals surface area contributed by atoms with Crippen LogP contribution in [-0.4, -0.2) is 7.05 Å². The minimum absolute atomic E-state index is 0.140. The number of hydrogen-bond donors (Lipinski definition) is 1. The van der Waals surface area contributed by atoms with Crippen molar-refractivity contribution in [1.29, 1.82) is 0 Å². The third-order valence-corrected chi connectivity index (χ3v) is 2.74. The minimum atomic E-state index is 0.140. The first kappa shape index (κ1) is 11.0. The predicted molar refractivity (Wildman–Crippen MR) is 65.4 cm³/mol. The van der Waals surface area contributed by atoms with Gasteiger partial charge >= 0.3 is 0 Å². The first-order valence-electron chi connectivity index (χ1n) is 5.66. The molecule has 0 radical (unpaired) electrons. The summed E-state index contributed by atoms with van der Waals surface area (Å²) in [6, 6.07) is 14.6. The molecule has 0 amide bonds. The molecule has 0 spiro atoms. The first-order valence-corrected chi connectivity index (χ1v) is 5.66. The van der Waals surface area contributed by atoms with Crippen molar-refractivity contribution in [2.24, 2.45) is 0 Å². The minimum Gasteiger partial charge on any atom is -0.464 e. The Morgan fingerprint density at radius 3 is 2.44 bits per heavy atom. The van der Waals surface area contributed by atoms with Crippen LogP contribution in [0.1, 0.15) is 30.0 Å². The van der Waals surface area contributed by atoms with Gasteiger partial charge < -0.3 is 9.73 Å². The van der Waals surface area contributed by atoms with E-state index >= 15 is 0 Å². The SMILES string of the molecule is CCc1ccc(C(NC)c2ccccc2)o1. The van der Waals surface area contributed by atoms with Crippen molar-refractivity contribution in [3.05, 3.63) is 59.5 Å². The molecule has 1 atom stereocenters. The summed E-state index contributed by atoms with van der Waals surface area (Å²) in [5, 5.41) is 3.28. The smallest absolute Gasteiger partial charge is 0.125 e. The van der Waals surface area contributed by atoms with E-state index in [0.717, 1.165) is 17.9 Å². The Kier molecular flexibility index (Phi) is 3.42. The van der Waals surface area contributed by atoms with Gasteiger partial charge in [0, 0.05) is 6.42 Å². The maximum atomic E-state index is 5.78. The molecule has 0 aliphatic heterocycles. The zero-order valence-corrected chi connectivity index (χ0v) is 9.73. The Morgan fingerprint density at radius 2 is 1.88 bits per heavy atom. The van der Waals surface area contributed by atoms with Crippen LogP contribution in [0.25, 0.3) is 0 Å². The monoisotopic (exact) mass is 215 g/mol. The van der Waals surface area contributed by atoms with Crippen LogP contribution in [0.15, 0.2) is 46.9 Å². The Morgan fingerprint density at radius 1 is 1.12 bits per heavy atom. The number of nitrogens with one attached hydrogen (secondary N) is 1. The van der Waals surface area contributed by atoms with E-state index in [1.165, 1.54) is 5.56 Å². The van der Waals surface area contributed by atoms with Gasteiger partial charge in [0.2, 0.25) is 0 Å². The molecule has 0 aliphatic rings. The van der Waals surface area contributed by atoms with Crippen molar-refractivity contribution in [1.82, 2.24) is 5.32 Å². The molecular weight excluding hydrogens is 198 g/mol. The number of rotatable bonds is 4. The Bertz CT molecular complexity index is 433. The molecule has 1 aromatic carbocycles. The molecule has 1 heterocycles. The predicted octanol–water partition coefficient (Wildman–Crippen LogP) is 3.15. The van der Waals surface area contributed by atoms with Gasteiger partial charge in [0.05, 0.1) is 6.04 Å². The second-order valence-electron chi connectivity index (χ2n) is 3.79. The van der Waals surface area contributed by atoms with Gasteiger partial charge in [0.25, 0.3) is 0 Å². The highest BCUT2D eigenvalue weighted by Crippen LogP contribution is 2.23. The van der Waals surface area contributed by atoms with Gasteiger partial charge in [-0.15, -0.1) is 0 Å². The van der Waals surface area contributed by atoms with E-state index < -0.39 is 0 Å². The highest BCUT2D eigenvalue weighted by Gasteiger charge is 2.14. The van der Waals surface area contributed by atoms with Crippen molar-refractivity contribution in [2.75, 3.05) is 7.05 Å². The van der Waals surface area contributed by atoms with Gasteiger partial charge in [-0.25, -0.2) is 0 Å². The molecule has 0 bridgehead atoms. The molecule has 1 aromatic heterocycles. The van der Waals surface area contributed by atoms with Crippen molar-refractivity contribution < 1.29 is 4.42 Å². The van der Waals surface area contributed by atoms with Gasteiger partial charge in [0.15, 0.2) is 0 Å². The summed E-state index contributed by atoms with van der Waals surface area (Å²) in [7, 11) is 1.95. The zero-order valence-electron chi connectivity index (χ0n) is 9.73. The van der Waals surface area contributed by atoms with Gasteiger partial charge in [0.1, 0.15) is 11.5 Å². The highest BCUT2D eigenvalue weighted by molar-refractivity contribution is 5.27. The lowest BCUT2D eigenvalue weighted by Gasteiger charge is -2.13. The molecule has 84 valence electrons. The summed E-state index contributed by atoms with van der Waals surface area (Å²) in [6.07, 6.45) is 0.936. The highest BCUT2D eigenvalue weighted by atomic mass is 16.3. The number of aryl methyl sites for hydroxylation is 1. The zero-order chi connectivity index (χ0) is 11.4. The molecule has 0 aliphatic carbocycles. The van der Waals surface area contributed by atoms with E-state index in [-0.39, 0.29) is 6.04 Å². The molecule has 2 aromatic rings. The lowest BCUT2D eigenvalue weighted by atomic mass is 10.1. The Hall–Kier alpha value is -1.54. The maximum Gasteiger partial charge on any atom is 0.125 e. The van der Waals surface area contributed by atoms with E-state index in [9.17, 15) is 0 Å². The second kappa shape index (κ2) is 4.99. The van der Waals surface area contributed by atoms with Gasteiger partial charge in [-0.1, -0.05) is 37.3 Å². The number of furan rings is 1. The van der Waals surface area contributed by atoms with Crippen molar-refractivity contribution in [2.45, 2.75) is 19.4 Å². The topological polar surface area (TPSA) is 25.2 Å². The fraction of sp³-hybridized carbons (Fsp3) is 0.286. The normalized spacial score (nSPS) is 12.6. The summed E-state index contributed by atoms with van der Waals surface area (Å²) in [6.45, 7) is 2.10. The largest absolute Gasteiger partial charge is 0.464 e. The molecule has 2 heteroatoms. The van der Waals surface area contributed by atoms with Crippen LogP contribution < -0.4 is 5.32 Å². The van der Waals surface area contributed by atoms with Crippen LogP contribution in [-0.2, 0) is 6.42 Å². The average Bonchev–Trinajstić information content (AvgIpc) is 2.80. The van der Waals surface area contributed by atoms with E-state index in [1.54, 1.807) is 0 Å². The van der Waals surface area contributed by atoms with Crippen molar-refractivity contribution in [3.8, 4) is 0 Å². The van der Waals surface area contributed by atoms with Gasteiger partial charge in [-0.2, -0.15) is 0 Å². The standard InChI is InChI=1S/C14H17NO/c1-3-12-9-10-13(16-12)14(15-2)11-7-5-4-6-8-11/h4-10,14-15H,3H2,1-2H3.